The molecule has 0 unspecified atom stereocenters. The number of hydrogen-bond acceptors (Lipinski definition) is 2. The molecule has 0 aliphatic heterocycles. The summed E-state index contributed by atoms with van der Waals surface area (Å²) in [5.41, 5.74) is 7.51. The Morgan fingerprint density at radius 1 is 0.542 bits per heavy atom. The van der Waals surface area contributed by atoms with E-state index in [1.54, 1.807) is 0 Å². The Morgan fingerprint density at radius 3 is 1.42 bits per heavy atom. The zero-order valence-corrected chi connectivity index (χ0v) is 13.5. The van der Waals surface area contributed by atoms with Gasteiger partial charge in [0.15, 0.2) is 22.3 Å². The van der Waals surface area contributed by atoms with Crippen LogP contribution in [0.25, 0.3) is 44.4 Å². The van der Waals surface area contributed by atoms with E-state index in [9.17, 15) is 0 Å². The van der Waals surface area contributed by atoms with Crippen molar-refractivity contribution in [2.24, 2.45) is 14.1 Å². The van der Waals surface area contributed by atoms with Gasteiger partial charge in [-0.2, -0.15) is 0 Å². The van der Waals surface area contributed by atoms with Crippen LogP contribution in [0.5, 0.6) is 0 Å². The van der Waals surface area contributed by atoms with Gasteiger partial charge in [-0.3, -0.25) is 0 Å². The van der Waals surface area contributed by atoms with E-state index in [0.717, 1.165) is 44.4 Å². The van der Waals surface area contributed by atoms with Crippen molar-refractivity contribution in [2.45, 2.75) is 0 Å². The van der Waals surface area contributed by atoms with Crippen molar-refractivity contribution in [3.8, 4) is 0 Å². The number of rotatable bonds is 0. The lowest BCUT2D eigenvalue weighted by atomic mass is 10.2. The zero-order chi connectivity index (χ0) is 16.3. The van der Waals surface area contributed by atoms with Crippen LogP contribution in [0.1, 0.15) is 0 Å². The fourth-order valence-corrected chi connectivity index (χ4v) is 3.36. The average molecular weight is 316 g/mol. The van der Waals surface area contributed by atoms with Crippen molar-refractivity contribution in [3.05, 3.63) is 60.7 Å². The number of nitrogens with zero attached hydrogens (tertiary/aromatic N) is 2. The maximum atomic E-state index is 6.13. The minimum atomic E-state index is 0.838. The van der Waals surface area contributed by atoms with Crippen LogP contribution < -0.4 is 0 Å². The first-order valence-corrected chi connectivity index (χ1v) is 7.91. The number of aryl methyl sites for hydroxylation is 2. The molecule has 0 aliphatic carbocycles. The maximum Gasteiger partial charge on any atom is 0.153 e. The highest BCUT2D eigenvalue weighted by atomic mass is 16.3. The summed E-state index contributed by atoms with van der Waals surface area (Å²) in [5, 5.41) is 0. The Hall–Kier alpha value is -3.14. The molecule has 2 heterocycles. The van der Waals surface area contributed by atoms with Crippen LogP contribution in [-0.2, 0) is 14.1 Å². The molecular formula is C20H16N2O2. The molecular weight excluding hydrogens is 300 g/mol. The van der Waals surface area contributed by atoms with Crippen molar-refractivity contribution < 1.29 is 8.83 Å². The molecule has 0 aliphatic rings. The normalized spacial score (nSPS) is 11.8. The minimum Gasteiger partial charge on any atom is -0.453 e. The van der Waals surface area contributed by atoms with E-state index >= 15 is 0 Å². The minimum absolute atomic E-state index is 0.838. The van der Waals surface area contributed by atoms with E-state index in [2.05, 4.69) is 21.3 Å². The summed E-state index contributed by atoms with van der Waals surface area (Å²) >= 11 is 0. The van der Waals surface area contributed by atoms with Gasteiger partial charge in [-0.15, -0.1) is 0 Å². The van der Waals surface area contributed by atoms with Crippen molar-refractivity contribution in [3.63, 3.8) is 0 Å². The molecule has 0 fully saturated rings. The Bertz CT molecular complexity index is 1180. The summed E-state index contributed by atoms with van der Waals surface area (Å²) in [6, 6.07) is 20.2. The summed E-state index contributed by atoms with van der Waals surface area (Å²) in [5.74, 6) is 0. The lowest BCUT2D eigenvalue weighted by Crippen LogP contribution is -1.99. The number of aromatic nitrogens is 2. The predicted octanol–water partition coefficient (Wildman–Crippen LogP) is 5.29. The molecule has 0 atom stereocenters. The largest absolute Gasteiger partial charge is 0.453 e. The molecule has 5 rings (SSSR count). The molecule has 0 N–H and O–H groups in total. The van der Waals surface area contributed by atoms with Crippen LogP contribution in [0.2, 0.25) is 0 Å². The fraction of sp³-hybridized carbons (Fsp3) is 0.100. The summed E-state index contributed by atoms with van der Waals surface area (Å²) in [4.78, 5) is 0. The second kappa shape index (κ2) is 4.68. The first-order chi connectivity index (χ1) is 11.7. The van der Waals surface area contributed by atoms with E-state index in [1.807, 2.05) is 62.6 Å². The van der Waals surface area contributed by atoms with E-state index < -0.39 is 0 Å². The highest BCUT2D eigenvalue weighted by Gasteiger charge is 2.11. The maximum absolute atomic E-state index is 6.13. The molecule has 0 spiro atoms. The third-order valence-electron chi connectivity index (χ3n) is 4.66. The van der Waals surface area contributed by atoms with Crippen LogP contribution in [0.15, 0.2) is 69.5 Å². The van der Waals surface area contributed by atoms with Gasteiger partial charge in [0.05, 0.1) is 22.1 Å². The molecule has 4 nitrogen and oxygen atoms in total. The number of benzene rings is 3. The summed E-state index contributed by atoms with van der Waals surface area (Å²) < 4.78 is 16.5. The highest BCUT2D eigenvalue weighted by Crippen LogP contribution is 2.29. The summed E-state index contributed by atoms with van der Waals surface area (Å²) in [7, 11) is 4.10. The lowest BCUT2D eigenvalue weighted by molar-refractivity contribution is 0.639. The van der Waals surface area contributed by atoms with Gasteiger partial charge >= 0.3 is 0 Å². The van der Waals surface area contributed by atoms with Gasteiger partial charge in [0.25, 0.3) is 0 Å². The van der Waals surface area contributed by atoms with Crippen LogP contribution in [-0.4, -0.2) is 9.13 Å². The molecule has 118 valence electrons. The Balaban J connectivity index is 2.01. The number of para-hydroxylation sites is 4. The monoisotopic (exact) mass is 316 g/mol. The molecule has 0 radical (unpaired) electrons. The predicted molar refractivity (Wildman–Crippen MR) is 96.6 cm³/mol. The number of fused-ring (bicyclic) bond motifs is 4. The first kappa shape index (κ1) is 13.3. The second-order valence-electron chi connectivity index (χ2n) is 6.05. The third kappa shape index (κ3) is 1.74. The van der Waals surface area contributed by atoms with Crippen molar-refractivity contribution in [1.29, 1.82) is 0 Å². The smallest absolute Gasteiger partial charge is 0.153 e. The molecule has 4 heteroatoms. The molecule has 3 aromatic carbocycles. The van der Waals surface area contributed by atoms with Gasteiger partial charge in [0, 0.05) is 26.2 Å². The Kier molecular flexibility index (Phi) is 2.59. The summed E-state index contributed by atoms with van der Waals surface area (Å²) in [6.45, 7) is 0. The van der Waals surface area contributed by atoms with Gasteiger partial charge in [0.2, 0.25) is 0 Å². The average Bonchev–Trinajstić information content (AvgIpc) is 2.62. The summed E-state index contributed by atoms with van der Waals surface area (Å²) in [6.07, 6.45) is 0. The van der Waals surface area contributed by atoms with Gasteiger partial charge in [0.1, 0.15) is 0 Å². The molecule has 0 amide bonds. The second-order valence-corrected chi connectivity index (χ2v) is 6.05. The van der Waals surface area contributed by atoms with Crippen molar-refractivity contribution in [1.82, 2.24) is 9.13 Å². The first-order valence-electron chi connectivity index (χ1n) is 7.91. The molecule has 0 saturated carbocycles. The van der Waals surface area contributed by atoms with Gasteiger partial charge in [-0.1, -0.05) is 24.3 Å². The van der Waals surface area contributed by atoms with Crippen molar-refractivity contribution in [2.75, 3.05) is 0 Å². The SMILES string of the molecule is Cn1c2ccccc2oc2cc3c(cc21)oc1ccccc1n3C. The topological polar surface area (TPSA) is 36.1 Å². The standard InChI is InChI=1S/C20H16N2O2/c1-21-13-7-3-5-9-17(13)23-19-12-16-20(11-15(19)21)24-18-10-6-4-8-14(18)22(16)2/h3-12H,1-2H3. The Morgan fingerprint density at radius 2 is 0.958 bits per heavy atom. The van der Waals surface area contributed by atoms with Gasteiger partial charge < -0.3 is 18.0 Å². The van der Waals surface area contributed by atoms with Crippen LogP contribution >= 0.6 is 0 Å². The van der Waals surface area contributed by atoms with E-state index in [0.29, 0.717) is 0 Å². The molecule has 0 bridgehead atoms. The highest BCUT2D eigenvalue weighted by molar-refractivity contribution is 5.95. The molecule has 0 saturated heterocycles. The molecule has 5 aromatic rings. The lowest BCUT2D eigenvalue weighted by Gasteiger charge is -2.13. The van der Waals surface area contributed by atoms with Gasteiger partial charge in [-0.05, 0) is 24.3 Å². The van der Waals surface area contributed by atoms with Crippen LogP contribution in [0, 0.1) is 0 Å². The van der Waals surface area contributed by atoms with Crippen LogP contribution in [0.3, 0.4) is 0 Å². The van der Waals surface area contributed by atoms with Crippen molar-refractivity contribution >= 4 is 44.4 Å². The fourth-order valence-electron chi connectivity index (χ4n) is 3.36. The Labute approximate surface area is 137 Å². The molecule has 24 heavy (non-hydrogen) atoms. The van der Waals surface area contributed by atoms with Crippen LogP contribution in [0.4, 0.5) is 0 Å². The third-order valence-corrected chi connectivity index (χ3v) is 4.66. The van der Waals surface area contributed by atoms with Gasteiger partial charge in [-0.25, -0.2) is 0 Å². The quantitative estimate of drug-likeness (QED) is 0.364. The van der Waals surface area contributed by atoms with E-state index in [1.165, 1.54) is 0 Å². The zero-order valence-electron chi connectivity index (χ0n) is 13.5. The van der Waals surface area contributed by atoms with E-state index in [-0.39, 0.29) is 0 Å². The van der Waals surface area contributed by atoms with E-state index in [4.69, 9.17) is 8.83 Å². The number of hydrogen-bond donors (Lipinski definition) is 0. The molecule has 2 aromatic heterocycles.